The molecule has 0 radical (unpaired) electrons. The van der Waals surface area contributed by atoms with Crippen LogP contribution in [0.25, 0.3) is 0 Å². The van der Waals surface area contributed by atoms with Gasteiger partial charge < -0.3 is 15.4 Å². The van der Waals surface area contributed by atoms with Gasteiger partial charge in [-0.1, -0.05) is 26.8 Å². The summed E-state index contributed by atoms with van der Waals surface area (Å²) in [6.07, 6.45) is 5.01. The summed E-state index contributed by atoms with van der Waals surface area (Å²) in [4.78, 5) is 22.7. The normalized spacial score (nSPS) is 9.89. The summed E-state index contributed by atoms with van der Waals surface area (Å²) >= 11 is 0. The van der Waals surface area contributed by atoms with Crippen molar-refractivity contribution in [2.75, 3.05) is 14.1 Å². The monoisotopic (exact) mass is 256 g/mol. The number of nitrogens with two attached hydrogens (primary N) is 1. The highest BCUT2D eigenvalue weighted by atomic mass is 16.5. The summed E-state index contributed by atoms with van der Waals surface area (Å²) in [5.41, 5.74) is 5.83. The van der Waals surface area contributed by atoms with Crippen molar-refractivity contribution in [2.45, 2.75) is 33.1 Å². The number of rotatable bonds is 6. The van der Waals surface area contributed by atoms with E-state index in [1.54, 1.807) is 13.1 Å². The van der Waals surface area contributed by atoms with Crippen LogP contribution in [0.3, 0.4) is 0 Å². The van der Waals surface area contributed by atoms with E-state index in [4.69, 9.17) is 5.73 Å². The molecule has 5 heteroatoms. The Labute approximate surface area is 109 Å². The molecule has 0 rings (SSSR count). The summed E-state index contributed by atoms with van der Waals surface area (Å²) in [5.74, 6) is -0.560. The van der Waals surface area contributed by atoms with Crippen LogP contribution in [0.4, 0.5) is 0 Å². The summed E-state index contributed by atoms with van der Waals surface area (Å²) in [6, 6.07) is 0. The van der Waals surface area contributed by atoms with E-state index in [0.717, 1.165) is 19.1 Å². The predicted octanol–water partition coefficient (Wildman–Crippen LogP) is 1.80. The second-order valence-corrected chi connectivity index (χ2v) is 3.74. The third-order valence-electron chi connectivity index (χ3n) is 1.75. The number of carbonyl (C=O) groups excluding carboxylic acids is 2. The van der Waals surface area contributed by atoms with Crippen LogP contribution in [0.1, 0.15) is 33.1 Å². The molecule has 0 aromatic carbocycles. The lowest BCUT2D eigenvalue weighted by atomic mass is 10.1. The van der Waals surface area contributed by atoms with Crippen molar-refractivity contribution >= 4 is 11.9 Å². The van der Waals surface area contributed by atoms with Gasteiger partial charge in [-0.2, -0.15) is 0 Å². The second kappa shape index (κ2) is 11.7. The van der Waals surface area contributed by atoms with E-state index in [1.165, 1.54) is 0 Å². The molecular weight excluding hydrogens is 232 g/mol. The summed E-state index contributed by atoms with van der Waals surface area (Å²) in [7, 11) is 3.75. The van der Waals surface area contributed by atoms with Crippen molar-refractivity contribution in [1.29, 1.82) is 0 Å². The molecule has 2 N–H and O–H groups in total. The van der Waals surface area contributed by atoms with Gasteiger partial charge in [0.15, 0.2) is 0 Å². The van der Waals surface area contributed by atoms with Crippen LogP contribution in [-0.4, -0.2) is 30.9 Å². The first-order chi connectivity index (χ1) is 8.38. The Kier molecular flexibility index (Phi) is 12.1. The molecule has 0 spiro atoms. The highest BCUT2D eigenvalue weighted by molar-refractivity contribution is 5.91. The molecule has 0 bridgehead atoms. The van der Waals surface area contributed by atoms with E-state index in [9.17, 15) is 9.59 Å². The van der Waals surface area contributed by atoms with E-state index in [2.05, 4.69) is 11.3 Å². The fraction of sp³-hybridized carbons (Fsp3) is 0.538. The van der Waals surface area contributed by atoms with Gasteiger partial charge in [-0.3, -0.25) is 9.59 Å². The molecule has 0 saturated heterocycles. The van der Waals surface area contributed by atoms with Crippen molar-refractivity contribution in [1.82, 2.24) is 4.90 Å². The third-order valence-corrected chi connectivity index (χ3v) is 1.75. The van der Waals surface area contributed by atoms with Gasteiger partial charge >= 0.3 is 5.97 Å². The molecule has 104 valence electrons. The van der Waals surface area contributed by atoms with Gasteiger partial charge in [0, 0.05) is 32.3 Å². The van der Waals surface area contributed by atoms with E-state index in [1.807, 2.05) is 25.9 Å². The molecule has 0 aromatic heterocycles. The fourth-order valence-electron chi connectivity index (χ4n) is 1.01. The Morgan fingerprint density at radius 1 is 1.33 bits per heavy atom. The Balaban J connectivity index is 0. The first-order valence-electron chi connectivity index (χ1n) is 5.86. The van der Waals surface area contributed by atoms with Gasteiger partial charge in [0.2, 0.25) is 5.91 Å². The van der Waals surface area contributed by atoms with Gasteiger partial charge in [-0.25, -0.2) is 0 Å². The van der Waals surface area contributed by atoms with Crippen LogP contribution < -0.4 is 5.73 Å². The highest BCUT2D eigenvalue weighted by Crippen LogP contribution is 2.03. The van der Waals surface area contributed by atoms with Crippen molar-refractivity contribution in [3.05, 3.63) is 24.6 Å². The zero-order valence-electron chi connectivity index (χ0n) is 11.7. The molecular formula is C13H24N2O3. The van der Waals surface area contributed by atoms with Gasteiger partial charge in [-0.15, -0.1) is 0 Å². The first kappa shape index (κ1) is 18.6. The van der Waals surface area contributed by atoms with Crippen LogP contribution in [0.2, 0.25) is 0 Å². The zero-order valence-corrected chi connectivity index (χ0v) is 11.7. The second-order valence-electron chi connectivity index (χ2n) is 3.74. The SMILES string of the molecule is C=COC(=O)CC.CCCC(=CN(C)C)C(N)=O. The number of hydrogen-bond donors (Lipinski definition) is 1. The smallest absolute Gasteiger partial charge is 0.310 e. The van der Waals surface area contributed by atoms with Crippen LogP contribution in [-0.2, 0) is 14.3 Å². The van der Waals surface area contributed by atoms with Crippen molar-refractivity contribution in [3.8, 4) is 0 Å². The molecule has 0 fully saturated rings. The molecule has 0 aliphatic rings. The van der Waals surface area contributed by atoms with Gasteiger partial charge in [0.1, 0.15) is 0 Å². The molecule has 0 aliphatic carbocycles. The van der Waals surface area contributed by atoms with Crippen molar-refractivity contribution < 1.29 is 14.3 Å². The maximum atomic E-state index is 10.8. The number of amides is 1. The van der Waals surface area contributed by atoms with Gasteiger partial charge in [0.25, 0.3) is 0 Å². The van der Waals surface area contributed by atoms with E-state index in [0.29, 0.717) is 12.0 Å². The van der Waals surface area contributed by atoms with E-state index in [-0.39, 0.29) is 11.9 Å². The number of nitrogens with zero attached hydrogens (tertiary/aromatic N) is 1. The van der Waals surface area contributed by atoms with Crippen LogP contribution in [0, 0.1) is 0 Å². The van der Waals surface area contributed by atoms with Crippen molar-refractivity contribution in [2.24, 2.45) is 5.73 Å². The lowest BCUT2D eigenvalue weighted by Gasteiger charge is -2.07. The maximum Gasteiger partial charge on any atom is 0.310 e. The topological polar surface area (TPSA) is 72.6 Å². The average Bonchev–Trinajstić information content (AvgIpc) is 2.29. The molecule has 18 heavy (non-hydrogen) atoms. The third kappa shape index (κ3) is 12.3. The Morgan fingerprint density at radius 2 is 1.89 bits per heavy atom. The Bertz CT molecular complexity index is 297. The number of hydrogen-bond acceptors (Lipinski definition) is 4. The minimum absolute atomic E-state index is 0.241. The fourth-order valence-corrected chi connectivity index (χ4v) is 1.01. The maximum absolute atomic E-state index is 10.8. The summed E-state index contributed by atoms with van der Waals surface area (Å²) < 4.78 is 4.32. The van der Waals surface area contributed by atoms with Crippen LogP contribution in [0.5, 0.6) is 0 Å². The predicted molar refractivity (Wildman–Crippen MR) is 72.5 cm³/mol. The standard InChI is InChI=1S/C8H16N2O.C5H8O2/c1-4-5-7(8(9)11)6-10(2)3;1-3-5(6)7-4-2/h6H,4-5H2,1-3H3,(H2,9,11);4H,2-3H2,1H3. The van der Waals surface area contributed by atoms with Gasteiger partial charge in [0.05, 0.1) is 6.26 Å². The number of esters is 1. The minimum atomic E-state index is -0.319. The highest BCUT2D eigenvalue weighted by Gasteiger charge is 2.02. The van der Waals surface area contributed by atoms with Crippen molar-refractivity contribution in [3.63, 3.8) is 0 Å². The van der Waals surface area contributed by atoms with Gasteiger partial charge in [-0.05, 0) is 6.42 Å². The first-order valence-corrected chi connectivity index (χ1v) is 5.86. The Hall–Kier alpha value is -1.78. The van der Waals surface area contributed by atoms with E-state index >= 15 is 0 Å². The number of carbonyl (C=O) groups is 2. The molecule has 0 aliphatic heterocycles. The molecule has 1 amide bonds. The number of primary amides is 1. The van der Waals surface area contributed by atoms with Crippen LogP contribution >= 0.6 is 0 Å². The lowest BCUT2D eigenvalue weighted by Crippen LogP contribution is -2.16. The number of ether oxygens (including phenoxy) is 1. The summed E-state index contributed by atoms with van der Waals surface area (Å²) in [5, 5.41) is 0. The average molecular weight is 256 g/mol. The zero-order chi connectivity index (χ0) is 14.6. The summed E-state index contributed by atoms with van der Waals surface area (Å²) in [6.45, 7) is 6.95. The molecule has 0 unspecified atom stereocenters. The van der Waals surface area contributed by atoms with Crippen LogP contribution in [0.15, 0.2) is 24.6 Å². The molecule has 0 atom stereocenters. The largest absolute Gasteiger partial charge is 0.435 e. The molecule has 0 aromatic rings. The lowest BCUT2D eigenvalue weighted by molar-refractivity contribution is -0.137. The molecule has 0 heterocycles. The minimum Gasteiger partial charge on any atom is -0.435 e. The Morgan fingerprint density at radius 3 is 2.11 bits per heavy atom. The molecule has 5 nitrogen and oxygen atoms in total. The molecule has 0 saturated carbocycles. The van der Waals surface area contributed by atoms with E-state index < -0.39 is 0 Å². The quantitative estimate of drug-likeness (QED) is 0.447.